The first-order valence-corrected chi connectivity index (χ1v) is 8.61. The first kappa shape index (κ1) is 15.8. The van der Waals surface area contributed by atoms with Crippen LogP contribution in [-0.4, -0.2) is 16.6 Å². The Bertz CT molecular complexity index is 815. The highest BCUT2D eigenvalue weighted by Crippen LogP contribution is 2.23. The van der Waals surface area contributed by atoms with Crippen molar-refractivity contribution in [3.8, 4) is 0 Å². The number of rotatable bonds is 5. The Morgan fingerprint density at radius 1 is 1.09 bits per heavy atom. The molecule has 2 aromatic carbocycles. The molecule has 3 nitrogen and oxygen atoms in total. The predicted molar refractivity (Wildman–Crippen MR) is 97.2 cm³/mol. The van der Waals surface area contributed by atoms with Gasteiger partial charge in [-0.05, 0) is 36.4 Å². The zero-order valence-corrected chi connectivity index (χ0v) is 13.9. The van der Waals surface area contributed by atoms with Gasteiger partial charge in [0.2, 0.25) is 5.91 Å². The van der Waals surface area contributed by atoms with Gasteiger partial charge in [0.05, 0.1) is 11.2 Å². The first-order chi connectivity index (χ1) is 11.2. The van der Waals surface area contributed by atoms with Gasteiger partial charge in [-0.1, -0.05) is 29.8 Å². The van der Waals surface area contributed by atoms with Crippen LogP contribution in [0.4, 0.5) is 5.69 Å². The van der Waals surface area contributed by atoms with Crippen LogP contribution in [0.2, 0.25) is 5.02 Å². The molecule has 116 valence electrons. The average Bonchev–Trinajstić information content (AvgIpc) is 2.57. The van der Waals surface area contributed by atoms with Crippen molar-refractivity contribution in [1.29, 1.82) is 0 Å². The second kappa shape index (κ2) is 7.49. The van der Waals surface area contributed by atoms with Gasteiger partial charge < -0.3 is 5.32 Å². The average molecular weight is 343 g/mol. The van der Waals surface area contributed by atoms with Crippen molar-refractivity contribution in [1.82, 2.24) is 4.98 Å². The summed E-state index contributed by atoms with van der Waals surface area (Å²) < 4.78 is 0. The maximum absolute atomic E-state index is 12.1. The van der Waals surface area contributed by atoms with Crippen LogP contribution in [0.3, 0.4) is 0 Å². The highest BCUT2D eigenvalue weighted by molar-refractivity contribution is 7.99. The zero-order chi connectivity index (χ0) is 16.1. The summed E-state index contributed by atoms with van der Waals surface area (Å²) in [6, 6.07) is 17.3. The van der Waals surface area contributed by atoms with Gasteiger partial charge >= 0.3 is 0 Å². The normalized spacial score (nSPS) is 10.7. The number of benzene rings is 2. The summed E-state index contributed by atoms with van der Waals surface area (Å²) in [5.74, 6) is 0.704. The van der Waals surface area contributed by atoms with E-state index in [4.69, 9.17) is 11.6 Å². The number of carbonyl (C=O) groups excluding carboxylic acids is 1. The number of amides is 1. The number of nitrogens with zero attached hydrogens (tertiary/aromatic N) is 1. The fourth-order valence-corrected chi connectivity index (χ4v) is 3.19. The Labute approximate surface area is 144 Å². The quantitative estimate of drug-likeness (QED) is 0.663. The fourth-order valence-electron chi connectivity index (χ4n) is 2.21. The molecule has 3 rings (SSSR count). The number of nitrogens with one attached hydrogen (secondary N) is 1. The van der Waals surface area contributed by atoms with Crippen molar-refractivity contribution in [3.63, 3.8) is 0 Å². The Morgan fingerprint density at radius 3 is 2.70 bits per heavy atom. The predicted octanol–water partition coefficient (Wildman–Crippen LogP) is 5.01. The van der Waals surface area contributed by atoms with Crippen LogP contribution >= 0.6 is 23.4 Å². The number of fused-ring (bicyclic) bond motifs is 1. The molecule has 0 unspecified atom stereocenters. The van der Waals surface area contributed by atoms with E-state index in [0.717, 1.165) is 26.5 Å². The van der Waals surface area contributed by atoms with E-state index < -0.39 is 0 Å². The standard InChI is InChI=1S/C18H15ClN2OS/c19-14-6-8-15(9-7-14)23-12-10-17(22)21-16-5-1-3-13-4-2-11-20-18(13)16/h1-9,11H,10,12H2,(H,21,22). The Morgan fingerprint density at radius 2 is 1.87 bits per heavy atom. The summed E-state index contributed by atoms with van der Waals surface area (Å²) in [4.78, 5) is 17.6. The topological polar surface area (TPSA) is 42.0 Å². The summed E-state index contributed by atoms with van der Waals surface area (Å²) >= 11 is 7.49. The molecule has 1 N–H and O–H groups in total. The van der Waals surface area contributed by atoms with Crippen LogP contribution in [0.15, 0.2) is 65.7 Å². The van der Waals surface area contributed by atoms with Gasteiger partial charge in [0, 0.05) is 33.7 Å². The van der Waals surface area contributed by atoms with Crippen LogP contribution < -0.4 is 5.32 Å². The molecule has 0 bridgehead atoms. The van der Waals surface area contributed by atoms with E-state index in [1.807, 2.05) is 54.6 Å². The molecule has 0 atom stereocenters. The van der Waals surface area contributed by atoms with Crippen LogP contribution in [-0.2, 0) is 4.79 Å². The minimum absolute atomic E-state index is 0.00961. The molecular formula is C18H15ClN2OS. The van der Waals surface area contributed by atoms with Crippen molar-refractivity contribution in [2.75, 3.05) is 11.1 Å². The molecule has 0 radical (unpaired) electrons. The maximum Gasteiger partial charge on any atom is 0.225 e. The van der Waals surface area contributed by atoms with Gasteiger partial charge in [0.1, 0.15) is 0 Å². The largest absolute Gasteiger partial charge is 0.324 e. The minimum atomic E-state index is -0.00961. The monoisotopic (exact) mass is 342 g/mol. The van der Waals surface area contributed by atoms with E-state index in [1.54, 1.807) is 18.0 Å². The minimum Gasteiger partial charge on any atom is -0.324 e. The van der Waals surface area contributed by atoms with Crippen molar-refractivity contribution >= 4 is 45.9 Å². The van der Waals surface area contributed by atoms with Crippen molar-refractivity contribution in [2.45, 2.75) is 11.3 Å². The molecule has 0 spiro atoms. The number of hydrogen-bond donors (Lipinski definition) is 1. The molecule has 3 aromatic rings. The van der Waals surface area contributed by atoms with E-state index in [0.29, 0.717) is 12.2 Å². The lowest BCUT2D eigenvalue weighted by atomic mass is 10.2. The van der Waals surface area contributed by atoms with Gasteiger partial charge in [-0.3, -0.25) is 9.78 Å². The lowest BCUT2D eigenvalue weighted by molar-refractivity contribution is -0.115. The molecule has 1 amide bonds. The van der Waals surface area contributed by atoms with Gasteiger partial charge in [-0.25, -0.2) is 0 Å². The lowest BCUT2D eigenvalue weighted by Gasteiger charge is -2.08. The molecular weight excluding hydrogens is 328 g/mol. The molecule has 0 fully saturated rings. The summed E-state index contributed by atoms with van der Waals surface area (Å²) in [5.41, 5.74) is 1.57. The van der Waals surface area contributed by atoms with Crippen LogP contribution in [0.5, 0.6) is 0 Å². The van der Waals surface area contributed by atoms with Gasteiger partial charge in [0.25, 0.3) is 0 Å². The summed E-state index contributed by atoms with van der Waals surface area (Å²) in [6.45, 7) is 0. The smallest absolute Gasteiger partial charge is 0.225 e. The van der Waals surface area contributed by atoms with Crippen molar-refractivity contribution in [3.05, 3.63) is 65.8 Å². The lowest BCUT2D eigenvalue weighted by Crippen LogP contribution is -2.12. The Hall–Kier alpha value is -2.04. The molecule has 1 aromatic heterocycles. The third kappa shape index (κ3) is 4.24. The zero-order valence-electron chi connectivity index (χ0n) is 12.3. The number of pyridine rings is 1. The number of para-hydroxylation sites is 1. The molecule has 0 saturated heterocycles. The van der Waals surface area contributed by atoms with Crippen LogP contribution in [0, 0.1) is 0 Å². The number of anilines is 1. The van der Waals surface area contributed by atoms with Gasteiger partial charge in [-0.15, -0.1) is 11.8 Å². The molecule has 23 heavy (non-hydrogen) atoms. The Balaban J connectivity index is 1.57. The van der Waals surface area contributed by atoms with E-state index in [9.17, 15) is 4.79 Å². The molecule has 0 aliphatic heterocycles. The molecule has 0 aliphatic rings. The molecule has 0 aliphatic carbocycles. The summed E-state index contributed by atoms with van der Waals surface area (Å²) in [6.07, 6.45) is 2.17. The van der Waals surface area contributed by atoms with E-state index in [2.05, 4.69) is 10.3 Å². The number of hydrogen-bond acceptors (Lipinski definition) is 3. The highest BCUT2D eigenvalue weighted by atomic mass is 35.5. The number of thioether (sulfide) groups is 1. The van der Waals surface area contributed by atoms with Crippen LogP contribution in [0.25, 0.3) is 10.9 Å². The third-order valence-corrected chi connectivity index (χ3v) is 4.58. The summed E-state index contributed by atoms with van der Waals surface area (Å²) in [5, 5.41) is 4.68. The van der Waals surface area contributed by atoms with E-state index in [1.165, 1.54) is 0 Å². The van der Waals surface area contributed by atoms with Crippen LogP contribution in [0.1, 0.15) is 6.42 Å². The van der Waals surface area contributed by atoms with Crippen molar-refractivity contribution < 1.29 is 4.79 Å². The maximum atomic E-state index is 12.1. The number of carbonyl (C=O) groups is 1. The van der Waals surface area contributed by atoms with E-state index in [-0.39, 0.29) is 5.91 Å². The number of aromatic nitrogens is 1. The summed E-state index contributed by atoms with van der Waals surface area (Å²) in [7, 11) is 0. The third-order valence-electron chi connectivity index (χ3n) is 3.32. The fraction of sp³-hybridized carbons (Fsp3) is 0.111. The Kier molecular flexibility index (Phi) is 5.16. The van der Waals surface area contributed by atoms with Gasteiger partial charge in [-0.2, -0.15) is 0 Å². The second-order valence-electron chi connectivity index (χ2n) is 4.98. The molecule has 1 heterocycles. The highest BCUT2D eigenvalue weighted by Gasteiger charge is 2.06. The second-order valence-corrected chi connectivity index (χ2v) is 6.59. The van der Waals surface area contributed by atoms with E-state index >= 15 is 0 Å². The van der Waals surface area contributed by atoms with Crippen molar-refractivity contribution in [2.24, 2.45) is 0 Å². The molecule has 5 heteroatoms. The first-order valence-electron chi connectivity index (χ1n) is 7.24. The van der Waals surface area contributed by atoms with Gasteiger partial charge in [0.15, 0.2) is 0 Å². The number of halogens is 1. The SMILES string of the molecule is O=C(CCSc1ccc(Cl)cc1)Nc1cccc2cccnc12. The molecule has 0 saturated carbocycles.